The molecular formula is C13H26N2O. The van der Waals surface area contributed by atoms with E-state index < -0.39 is 0 Å². The number of amides is 1. The van der Waals surface area contributed by atoms with Crippen LogP contribution in [0.15, 0.2) is 0 Å². The van der Waals surface area contributed by atoms with Crippen LogP contribution >= 0.6 is 0 Å². The SMILES string of the molecule is CC(C)CCN(C)C(=O)C1CCCC(N)C1. The van der Waals surface area contributed by atoms with Crippen LogP contribution in [0.4, 0.5) is 0 Å². The van der Waals surface area contributed by atoms with Crippen LogP contribution in [0.2, 0.25) is 0 Å². The molecule has 0 aromatic carbocycles. The summed E-state index contributed by atoms with van der Waals surface area (Å²) >= 11 is 0. The molecule has 0 heterocycles. The van der Waals surface area contributed by atoms with Gasteiger partial charge in [0.2, 0.25) is 5.91 Å². The number of nitrogens with zero attached hydrogens (tertiary/aromatic N) is 1. The van der Waals surface area contributed by atoms with Gasteiger partial charge in [0, 0.05) is 25.6 Å². The van der Waals surface area contributed by atoms with Gasteiger partial charge in [0.05, 0.1) is 0 Å². The maximum absolute atomic E-state index is 12.1. The van der Waals surface area contributed by atoms with Crippen molar-refractivity contribution in [3.63, 3.8) is 0 Å². The molecule has 0 aliphatic heterocycles. The van der Waals surface area contributed by atoms with Crippen molar-refractivity contribution in [2.75, 3.05) is 13.6 Å². The standard InChI is InChI=1S/C13H26N2O/c1-10(2)7-8-15(3)13(16)11-5-4-6-12(14)9-11/h10-12H,4-9,14H2,1-3H3. The Balaban J connectivity index is 2.37. The van der Waals surface area contributed by atoms with Gasteiger partial charge < -0.3 is 10.6 Å². The zero-order valence-electron chi connectivity index (χ0n) is 10.9. The smallest absolute Gasteiger partial charge is 0.225 e. The van der Waals surface area contributed by atoms with E-state index in [1.807, 2.05) is 11.9 Å². The van der Waals surface area contributed by atoms with Gasteiger partial charge in [-0.1, -0.05) is 20.3 Å². The highest BCUT2D eigenvalue weighted by atomic mass is 16.2. The molecule has 1 amide bonds. The van der Waals surface area contributed by atoms with Gasteiger partial charge in [-0.15, -0.1) is 0 Å². The molecule has 0 saturated heterocycles. The second-order valence-corrected chi connectivity index (χ2v) is 5.57. The molecule has 94 valence electrons. The first-order chi connectivity index (χ1) is 7.50. The second-order valence-electron chi connectivity index (χ2n) is 5.57. The molecule has 16 heavy (non-hydrogen) atoms. The molecular weight excluding hydrogens is 200 g/mol. The second kappa shape index (κ2) is 6.24. The zero-order valence-corrected chi connectivity index (χ0v) is 10.9. The van der Waals surface area contributed by atoms with Gasteiger partial charge in [0.15, 0.2) is 0 Å². The summed E-state index contributed by atoms with van der Waals surface area (Å²) in [5.74, 6) is 1.14. The Bertz CT molecular complexity index is 228. The average molecular weight is 226 g/mol. The van der Waals surface area contributed by atoms with E-state index in [2.05, 4.69) is 13.8 Å². The lowest BCUT2D eigenvalue weighted by molar-refractivity contribution is -0.135. The molecule has 2 atom stereocenters. The van der Waals surface area contributed by atoms with Crippen LogP contribution in [0.3, 0.4) is 0 Å². The van der Waals surface area contributed by atoms with Crippen molar-refractivity contribution < 1.29 is 4.79 Å². The molecule has 0 bridgehead atoms. The monoisotopic (exact) mass is 226 g/mol. The maximum Gasteiger partial charge on any atom is 0.225 e. The molecule has 0 aromatic heterocycles. The van der Waals surface area contributed by atoms with Crippen LogP contribution in [0.25, 0.3) is 0 Å². The molecule has 0 aromatic rings. The van der Waals surface area contributed by atoms with Crippen molar-refractivity contribution in [2.24, 2.45) is 17.6 Å². The van der Waals surface area contributed by atoms with E-state index in [1.54, 1.807) is 0 Å². The zero-order chi connectivity index (χ0) is 12.1. The minimum atomic E-state index is 0.181. The van der Waals surface area contributed by atoms with Crippen molar-refractivity contribution in [3.8, 4) is 0 Å². The summed E-state index contributed by atoms with van der Waals surface area (Å²) < 4.78 is 0. The predicted molar refractivity (Wildman–Crippen MR) is 67.0 cm³/mol. The Morgan fingerprint density at radius 1 is 1.44 bits per heavy atom. The van der Waals surface area contributed by atoms with Gasteiger partial charge in [-0.2, -0.15) is 0 Å². The molecule has 3 heteroatoms. The molecule has 3 nitrogen and oxygen atoms in total. The largest absolute Gasteiger partial charge is 0.346 e. The average Bonchev–Trinajstić information content (AvgIpc) is 2.24. The van der Waals surface area contributed by atoms with E-state index in [-0.39, 0.29) is 12.0 Å². The number of carbonyl (C=O) groups is 1. The highest BCUT2D eigenvalue weighted by Crippen LogP contribution is 2.24. The van der Waals surface area contributed by atoms with E-state index in [4.69, 9.17) is 5.73 Å². The van der Waals surface area contributed by atoms with Gasteiger partial charge >= 0.3 is 0 Å². The first-order valence-electron chi connectivity index (χ1n) is 6.51. The van der Waals surface area contributed by atoms with Gasteiger partial charge in [0.1, 0.15) is 0 Å². The summed E-state index contributed by atoms with van der Waals surface area (Å²) in [5, 5.41) is 0. The molecule has 0 radical (unpaired) electrons. The quantitative estimate of drug-likeness (QED) is 0.797. The van der Waals surface area contributed by atoms with Crippen LogP contribution in [-0.4, -0.2) is 30.4 Å². The minimum Gasteiger partial charge on any atom is -0.346 e. The van der Waals surface area contributed by atoms with Crippen molar-refractivity contribution in [1.82, 2.24) is 4.90 Å². The third kappa shape index (κ3) is 4.12. The molecule has 1 saturated carbocycles. The van der Waals surface area contributed by atoms with Crippen LogP contribution in [0, 0.1) is 11.8 Å². The summed E-state index contributed by atoms with van der Waals surface area (Å²) in [6.07, 6.45) is 5.18. The summed E-state index contributed by atoms with van der Waals surface area (Å²) in [7, 11) is 1.92. The third-order valence-corrected chi connectivity index (χ3v) is 3.48. The van der Waals surface area contributed by atoms with Crippen LogP contribution in [-0.2, 0) is 4.79 Å². The Labute approximate surface area is 99.4 Å². The number of hydrogen-bond acceptors (Lipinski definition) is 2. The molecule has 0 spiro atoms. The number of carbonyl (C=O) groups excluding carboxylic acids is 1. The first-order valence-corrected chi connectivity index (χ1v) is 6.51. The lowest BCUT2D eigenvalue weighted by atomic mass is 9.85. The van der Waals surface area contributed by atoms with Crippen LogP contribution in [0.5, 0.6) is 0 Å². The lowest BCUT2D eigenvalue weighted by Gasteiger charge is -2.29. The first kappa shape index (κ1) is 13.5. The van der Waals surface area contributed by atoms with E-state index in [0.29, 0.717) is 11.8 Å². The molecule has 1 rings (SSSR count). The number of hydrogen-bond donors (Lipinski definition) is 1. The number of nitrogens with two attached hydrogens (primary N) is 1. The van der Waals surface area contributed by atoms with Crippen LogP contribution < -0.4 is 5.73 Å². The Morgan fingerprint density at radius 3 is 2.69 bits per heavy atom. The van der Waals surface area contributed by atoms with Gasteiger partial charge in [-0.25, -0.2) is 0 Å². The van der Waals surface area contributed by atoms with Crippen molar-refractivity contribution in [2.45, 2.75) is 52.0 Å². The van der Waals surface area contributed by atoms with E-state index >= 15 is 0 Å². The molecule has 2 N–H and O–H groups in total. The summed E-state index contributed by atoms with van der Waals surface area (Å²) in [5.41, 5.74) is 5.91. The lowest BCUT2D eigenvalue weighted by Crippen LogP contribution is -2.39. The Morgan fingerprint density at radius 2 is 2.12 bits per heavy atom. The molecule has 1 fully saturated rings. The number of rotatable bonds is 4. The van der Waals surface area contributed by atoms with Gasteiger partial charge in [-0.3, -0.25) is 4.79 Å². The normalized spacial score (nSPS) is 25.8. The van der Waals surface area contributed by atoms with Gasteiger partial charge in [0.25, 0.3) is 0 Å². The van der Waals surface area contributed by atoms with E-state index in [1.165, 1.54) is 0 Å². The highest BCUT2D eigenvalue weighted by Gasteiger charge is 2.27. The maximum atomic E-state index is 12.1. The van der Waals surface area contributed by atoms with Crippen molar-refractivity contribution in [1.29, 1.82) is 0 Å². The fourth-order valence-electron chi connectivity index (χ4n) is 2.33. The van der Waals surface area contributed by atoms with E-state index in [0.717, 1.165) is 38.6 Å². The molecule has 1 aliphatic carbocycles. The Kier molecular flexibility index (Phi) is 5.26. The summed E-state index contributed by atoms with van der Waals surface area (Å²) in [6, 6.07) is 0.237. The summed E-state index contributed by atoms with van der Waals surface area (Å²) in [4.78, 5) is 14.0. The fraction of sp³-hybridized carbons (Fsp3) is 0.923. The highest BCUT2D eigenvalue weighted by molar-refractivity contribution is 5.78. The van der Waals surface area contributed by atoms with Crippen LogP contribution in [0.1, 0.15) is 46.0 Å². The predicted octanol–water partition coefficient (Wildman–Crippen LogP) is 2.01. The molecule has 2 unspecified atom stereocenters. The van der Waals surface area contributed by atoms with Crippen molar-refractivity contribution >= 4 is 5.91 Å². The van der Waals surface area contributed by atoms with E-state index in [9.17, 15) is 4.79 Å². The fourth-order valence-corrected chi connectivity index (χ4v) is 2.33. The minimum absolute atomic E-state index is 0.181. The topological polar surface area (TPSA) is 46.3 Å². The molecule has 1 aliphatic rings. The third-order valence-electron chi connectivity index (χ3n) is 3.48. The Hall–Kier alpha value is -0.570. The van der Waals surface area contributed by atoms with Gasteiger partial charge in [-0.05, 0) is 31.6 Å². The summed E-state index contributed by atoms with van der Waals surface area (Å²) in [6.45, 7) is 5.26. The van der Waals surface area contributed by atoms with Crippen molar-refractivity contribution in [3.05, 3.63) is 0 Å².